The van der Waals surface area contributed by atoms with Crippen molar-refractivity contribution in [2.45, 2.75) is 31.9 Å². The van der Waals surface area contributed by atoms with Crippen molar-refractivity contribution >= 4 is 63.2 Å². The molecule has 0 bridgehead atoms. The van der Waals surface area contributed by atoms with Crippen LogP contribution in [0.2, 0.25) is 0 Å². The maximum Gasteiger partial charge on any atom is 0.418 e. The van der Waals surface area contributed by atoms with E-state index in [1.54, 1.807) is 16.2 Å². The normalized spacial score (nSPS) is 15.7. The van der Waals surface area contributed by atoms with Crippen molar-refractivity contribution in [2.75, 3.05) is 11.9 Å². The molecule has 10 heteroatoms. The van der Waals surface area contributed by atoms with E-state index in [4.69, 9.17) is 12.2 Å². The quantitative estimate of drug-likeness (QED) is 0.277. The number of nitrogens with zero attached hydrogens (tertiary/aromatic N) is 1. The van der Waals surface area contributed by atoms with Crippen LogP contribution in [0, 0.1) is 0 Å². The van der Waals surface area contributed by atoms with E-state index in [1.807, 2.05) is 23.6 Å². The summed E-state index contributed by atoms with van der Waals surface area (Å²) in [5, 5.41) is 4.27. The number of carbonyl (C=O) groups is 2. The predicted molar refractivity (Wildman–Crippen MR) is 123 cm³/mol. The molecule has 164 valence electrons. The first kappa shape index (κ1) is 23.5. The van der Waals surface area contributed by atoms with Crippen molar-refractivity contribution in [1.29, 1.82) is 0 Å². The van der Waals surface area contributed by atoms with Crippen molar-refractivity contribution in [3.63, 3.8) is 0 Å². The molecule has 1 aromatic carbocycles. The third-order valence-electron chi connectivity index (χ3n) is 4.48. The number of carbonyl (C=O) groups excluding carboxylic acids is 2. The van der Waals surface area contributed by atoms with Crippen molar-refractivity contribution in [3.8, 4) is 0 Å². The van der Waals surface area contributed by atoms with E-state index >= 15 is 0 Å². The van der Waals surface area contributed by atoms with Gasteiger partial charge in [-0.2, -0.15) is 13.2 Å². The van der Waals surface area contributed by atoms with Crippen LogP contribution >= 0.6 is 35.3 Å². The fourth-order valence-corrected chi connectivity index (χ4v) is 5.01. The fraction of sp³-hybridized carbons (Fsp3) is 0.286. The second-order valence-electron chi connectivity index (χ2n) is 6.75. The van der Waals surface area contributed by atoms with Crippen LogP contribution in [0.15, 0.2) is 46.7 Å². The number of amides is 2. The third kappa shape index (κ3) is 6.41. The highest BCUT2D eigenvalue weighted by Crippen LogP contribution is 2.35. The summed E-state index contributed by atoms with van der Waals surface area (Å²) in [5.41, 5.74) is -1.11. The number of nitrogens with one attached hydrogen (secondary N) is 1. The van der Waals surface area contributed by atoms with Crippen LogP contribution in [0.1, 0.15) is 36.1 Å². The molecule has 1 saturated heterocycles. The molecule has 0 radical (unpaired) electrons. The van der Waals surface area contributed by atoms with Gasteiger partial charge in [0.25, 0.3) is 5.91 Å². The summed E-state index contributed by atoms with van der Waals surface area (Å²) in [4.78, 5) is 27.7. The van der Waals surface area contributed by atoms with Gasteiger partial charge in [-0.15, -0.1) is 11.3 Å². The van der Waals surface area contributed by atoms with Gasteiger partial charge in [0.2, 0.25) is 5.91 Å². The Balaban J connectivity index is 1.42. The summed E-state index contributed by atoms with van der Waals surface area (Å²) in [7, 11) is 0. The van der Waals surface area contributed by atoms with Crippen LogP contribution < -0.4 is 5.32 Å². The van der Waals surface area contributed by atoms with Crippen LogP contribution in [-0.2, 0) is 15.8 Å². The van der Waals surface area contributed by atoms with Gasteiger partial charge >= 0.3 is 6.18 Å². The van der Waals surface area contributed by atoms with Crippen LogP contribution in [0.25, 0.3) is 6.08 Å². The fourth-order valence-electron chi connectivity index (χ4n) is 2.98. The summed E-state index contributed by atoms with van der Waals surface area (Å²) in [6, 6.07) is 8.73. The van der Waals surface area contributed by atoms with Gasteiger partial charge in [-0.1, -0.05) is 48.6 Å². The summed E-state index contributed by atoms with van der Waals surface area (Å²) in [6.07, 6.45) is -0.810. The Morgan fingerprint density at radius 2 is 1.90 bits per heavy atom. The Morgan fingerprint density at radius 1 is 1.13 bits per heavy atom. The van der Waals surface area contributed by atoms with Crippen molar-refractivity contribution in [1.82, 2.24) is 4.90 Å². The van der Waals surface area contributed by atoms with Crippen molar-refractivity contribution in [3.05, 3.63) is 57.1 Å². The molecular formula is C21H19F3N2O2S3. The van der Waals surface area contributed by atoms with Gasteiger partial charge < -0.3 is 5.32 Å². The molecule has 1 aliphatic heterocycles. The summed E-state index contributed by atoms with van der Waals surface area (Å²) in [5.74, 6) is -0.592. The first-order valence-corrected chi connectivity index (χ1v) is 11.6. The van der Waals surface area contributed by atoms with Crippen molar-refractivity contribution < 1.29 is 22.8 Å². The lowest BCUT2D eigenvalue weighted by atomic mass is 10.1. The second-order valence-corrected chi connectivity index (χ2v) is 9.41. The van der Waals surface area contributed by atoms with E-state index in [2.05, 4.69) is 5.32 Å². The van der Waals surface area contributed by atoms with Gasteiger partial charge in [-0.3, -0.25) is 14.5 Å². The molecule has 2 heterocycles. The standard InChI is InChI=1S/C21H19F3N2O2S3/c22-21(23,24)15-8-3-4-9-16(15)25-18(27)10-2-1-5-11-26-19(28)17(31-20(26)29)13-14-7-6-12-30-14/h3-4,6-9,12-13H,1-2,5,10-11H2,(H,25,27). The molecule has 3 rings (SSSR count). The average molecular weight is 485 g/mol. The zero-order valence-corrected chi connectivity index (χ0v) is 18.7. The summed E-state index contributed by atoms with van der Waals surface area (Å²) >= 11 is 8.11. The highest BCUT2D eigenvalue weighted by Gasteiger charge is 2.33. The number of alkyl halides is 3. The summed E-state index contributed by atoms with van der Waals surface area (Å²) in [6.45, 7) is 0.449. The van der Waals surface area contributed by atoms with Gasteiger partial charge in [-0.05, 0) is 42.5 Å². The number of thioether (sulfide) groups is 1. The summed E-state index contributed by atoms with van der Waals surface area (Å²) < 4.78 is 39.5. The number of hydrogen-bond donors (Lipinski definition) is 1. The van der Waals surface area contributed by atoms with E-state index < -0.39 is 17.6 Å². The molecule has 4 nitrogen and oxygen atoms in total. The molecule has 2 amide bonds. The highest BCUT2D eigenvalue weighted by atomic mass is 32.2. The first-order valence-electron chi connectivity index (χ1n) is 9.50. The molecule has 0 atom stereocenters. The van der Waals surface area contributed by atoms with E-state index in [0.717, 1.165) is 10.9 Å². The van der Waals surface area contributed by atoms with E-state index in [0.29, 0.717) is 35.0 Å². The zero-order valence-electron chi connectivity index (χ0n) is 16.3. The largest absolute Gasteiger partial charge is 0.418 e. The zero-order chi connectivity index (χ0) is 22.4. The molecule has 0 saturated carbocycles. The minimum atomic E-state index is -4.53. The molecule has 1 aromatic heterocycles. The maximum absolute atomic E-state index is 13.0. The topological polar surface area (TPSA) is 49.4 Å². The number of thiocarbonyl (C=S) groups is 1. The Kier molecular flexibility index (Phi) is 7.90. The lowest BCUT2D eigenvalue weighted by Gasteiger charge is -2.14. The number of para-hydroxylation sites is 1. The smallest absolute Gasteiger partial charge is 0.326 e. The number of benzene rings is 1. The van der Waals surface area contributed by atoms with Crippen molar-refractivity contribution in [2.24, 2.45) is 0 Å². The monoisotopic (exact) mass is 484 g/mol. The molecule has 2 aromatic rings. The van der Waals surface area contributed by atoms with E-state index in [9.17, 15) is 22.8 Å². The van der Waals surface area contributed by atoms with Gasteiger partial charge in [0.15, 0.2) is 0 Å². The van der Waals surface area contributed by atoms with Crippen LogP contribution in [-0.4, -0.2) is 27.6 Å². The minimum absolute atomic E-state index is 0.100. The minimum Gasteiger partial charge on any atom is -0.326 e. The number of thiophene rings is 1. The molecule has 0 spiro atoms. The Bertz CT molecular complexity index is 988. The number of anilines is 1. The molecule has 1 N–H and O–H groups in total. The van der Waals surface area contributed by atoms with Gasteiger partial charge in [-0.25, -0.2) is 0 Å². The Morgan fingerprint density at radius 3 is 2.61 bits per heavy atom. The Labute approximate surface area is 191 Å². The van der Waals surface area contributed by atoms with E-state index in [1.165, 1.54) is 30.0 Å². The number of hydrogen-bond acceptors (Lipinski definition) is 5. The number of halogens is 3. The molecule has 31 heavy (non-hydrogen) atoms. The highest BCUT2D eigenvalue weighted by molar-refractivity contribution is 8.26. The van der Waals surface area contributed by atoms with Gasteiger partial charge in [0.05, 0.1) is 16.2 Å². The van der Waals surface area contributed by atoms with Crippen LogP contribution in [0.3, 0.4) is 0 Å². The first-order chi connectivity index (χ1) is 14.8. The Hall–Kier alpha value is -2.17. The van der Waals surface area contributed by atoms with Crippen LogP contribution in [0.4, 0.5) is 18.9 Å². The molecular weight excluding hydrogens is 465 g/mol. The molecule has 0 unspecified atom stereocenters. The average Bonchev–Trinajstić information content (AvgIpc) is 3.31. The predicted octanol–water partition coefficient (Wildman–Crippen LogP) is 6.17. The maximum atomic E-state index is 13.0. The lowest BCUT2D eigenvalue weighted by Crippen LogP contribution is -2.29. The molecule has 1 fully saturated rings. The van der Waals surface area contributed by atoms with Gasteiger partial charge in [0, 0.05) is 17.8 Å². The second kappa shape index (κ2) is 10.4. The lowest BCUT2D eigenvalue weighted by molar-refractivity contribution is -0.137. The molecule has 0 aliphatic carbocycles. The number of rotatable bonds is 8. The molecule has 1 aliphatic rings. The third-order valence-corrected chi connectivity index (χ3v) is 6.68. The van der Waals surface area contributed by atoms with Gasteiger partial charge in [0.1, 0.15) is 4.32 Å². The van der Waals surface area contributed by atoms with E-state index in [-0.39, 0.29) is 18.0 Å². The number of unbranched alkanes of at least 4 members (excludes halogenated alkanes) is 2. The van der Waals surface area contributed by atoms with Crippen LogP contribution in [0.5, 0.6) is 0 Å². The SMILES string of the molecule is O=C(CCCCCN1C(=O)C(=Cc2cccs2)SC1=S)Nc1ccccc1C(F)(F)F.